The van der Waals surface area contributed by atoms with Crippen LogP contribution in [-0.4, -0.2) is 71.4 Å². The molecule has 3 heterocycles. The summed E-state index contributed by atoms with van der Waals surface area (Å²) in [6, 6.07) is 10.4. The number of piperazine rings is 1. The minimum absolute atomic E-state index is 0.0754. The Morgan fingerprint density at radius 2 is 1.87 bits per heavy atom. The third kappa shape index (κ3) is 3.45. The third-order valence-corrected chi connectivity index (χ3v) is 5.50. The normalized spacial score (nSPS) is 20.1. The number of benzene rings is 1. The highest BCUT2D eigenvalue weighted by Gasteiger charge is 2.39. The number of methoxy groups -OCH3 is 1. The van der Waals surface area contributed by atoms with Crippen molar-refractivity contribution >= 4 is 29.6 Å². The van der Waals surface area contributed by atoms with E-state index in [2.05, 4.69) is 9.98 Å². The minimum Gasteiger partial charge on any atom is -0.496 e. The van der Waals surface area contributed by atoms with E-state index in [1.165, 1.54) is 18.2 Å². The van der Waals surface area contributed by atoms with Crippen molar-refractivity contribution in [2.24, 2.45) is 4.99 Å². The molecule has 2 aromatic rings. The van der Waals surface area contributed by atoms with Crippen LogP contribution in [0.1, 0.15) is 28.8 Å². The lowest BCUT2D eigenvalue weighted by atomic mass is 9.96. The Bertz CT molecular complexity index is 1020. The van der Waals surface area contributed by atoms with Crippen molar-refractivity contribution < 1.29 is 19.1 Å². The maximum atomic E-state index is 13.0. The second-order valence-corrected chi connectivity index (χ2v) is 7.34. The number of hydrogen-bond acceptors (Lipinski definition) is 6. The van der Waals surface area contributed by atoms with Crippen LogP contribution in [0.4, 0.5) is 5.82 Å². The fourth-order valence-electron chi connectivity index (χ4n) is 3.92. The van der Waals surface area contributed by atoms with Gasteiger partial charge in [0.05, 0.1) is 18.6 Å². The van der Waals surface area contributed by atoms with Crippen LogP contribution >= 0.6 is 0 Å². The number of ketones is 1. The Morgan fingerprint density at radius 3 is 2.57 bits per heavy atom. The second kappa shape index (κ2) is 8.06. The summed E-state index contributed by atoms with van der Waals surface area (Å²) in [5.41, 5.74) is 1.13. The summed E-state index contributed by atoms with van der Waals surface area (Å²) in [6.45, 7) is 2.88. The van der Waals surface area contributed by atoms with Gasteiger partial charge in [-0.05, 0) is 25.1 Å². The van der Waals surface area contributed by atoms with Crippen molar-refractivity contribution in [3.8, 4) is 5.75 Å². The van der Waals surface area contributed by atoms with Gasteiger partial charge in [-0.2, -0.15) is 0 Å². The van der Waals surface area contributed by atoms with E-state index in [0.717, 1.165) is 0 Å². The van der Waals surface area contributed by atoms with Gasteiger partial charge >= 0.3 is 0 Å². The van der Waals surface area contributed by atoms with E-state index >= 15 is 0 Å². The number of rotatable bonds is 4. The van der Waals surface area contributed by atoms with Crippen LogP contribution in [-0.2, 0) is 9.59 Å². The number of amides is 2. The van der Waals surface area contributed by atoms with Gasteiger partial charge in [0.1, 0.15) is 5.75 Å². The third-order valence-electron chi connectivity index (χ3n) is 5.50. The number of carbonyl (C=O) groups is 3. The molecule has 0 spiro atoms. The summed E-state index contributed by atoms with van der Waals surface area (Å²) in [4.78, 5) is 50.3. The monoisotopic (exact) mass is 406 g/mol. The molecule has 8 heteroatoms. The van der Waals surface area contributed by atoms with Gasteiger partial charge in [-0.25, -0.2) is 9.98 Å². The number of ether oxygens (including phenoxy) is 1. The molecule has 1 aromatic heterocycles. The average molecular weight is 406 g/mol. The summed E-state index contributed by atoms with van der Waals surface area (Å²) in [5, 5.41) is 0. The van der Waals surface area contributed by atoms with E-state index in [9.17, 15) is 14.4 Å². The predicted molar refractivity (Wildman–Crippen MR) is 110 cm³/mol. The van der Waals surface area contributed by atoms with Crippen molar-refractivity contribution in [1.82, 2.24) is 14.8 Å². The van der Waals surface area contributed by atoms with Crippen molar-refractivity contribution in [2.75, 3.05) is 26.7 Å². The molecular formula is C22H22N4O4. The number of carbonyl (C=O) groups excluding carboxylic acids is 3. The van der Waals surface area contributed by atoms with Gasteiger partial charge in [0.15, 0.2) is 5.82 Å². The van der Waals surface area contributed by atoms with Crippen molar-refractivity contribution in [3.63, 3.8) is 0 Å². The van der Waals surface area contributed by atoms with Crippen LogP contribution in [0.25, 0.3) is 0 Å². The van der Waals surface area contributed by atoms with Gasteiger partial charge in [0.25, 0.3) is 11.8 Å². The van der Waals surface area contributed by atoms with Gasteiger partial charge in [0.2, 0.25) is 5.78 Å². The Kier molecular flexibility index (Phi) is 5.31. The molecule has 4 rings (SSSR count). The van der Waals surface area contributed by atoms with Gasteiger partial charge < -0.3 is 14.5 Å². The highest BCUT2D eigenvalue weighted by Crippen LogP contribution is 2.38. The standard InChI is InChI=1S/C22H22N4O4/c1-14-13-25(21(28)15-6-4-3-5-7-15)10-11-26(14)22(29)19(27)16-12-24-20-18(16)17(30-2)8-9-23-20/h3-9,12,14,16H,10-11,13H2,1-2H3/t14-,16?/m1/s1. The van der Waals surface area contributed by atoms with E-state index in [0.29, 0.717) is 42.3 Å². The highest BCUT2D eigenvalue weighted by atomic mass is 16.5. The first-order valence-electron chi connectivity index (χ1n) is 9.77. The number of fused-ring (bicyclic) bond motifs is 1. The lowest BCUT2D eigenvalue weighted by Crippen LogP contribution is -2.57. The average Bonchev–Trinajstić information content (AvgIpc) is 3.22. The van der Waals surface area contributed by atoms with Crippen LogP contribution in [0.5, 0.6) is 5.75 Å². The predicted octanol–water partition coefficient (Wildman–Crippen LogP) is 1.83. The molecule has 1 saturated heterocycles. The van der Waals surface area contributed by atoms with Gasteiger partial charge in [0, 0.05) is 43.7 Å². The highest BCUT2D eigenvalue weighted by molar-refractivity contribution is 6.42. The molecule has 1 fully saturated rings. The fraction of sp³-hybridized carbons (Fsp3) is 0.318. The topological polar surface area (TPSA) is 92.2 Å². The smallest absolute Gasteiger partial charge is 0.291 e. The maximum Gasteiger partial charge on any atom is 0.291 e. The zero-order valence-electron chi connectivity index (χ0n) is 16.8. The molecule has 1 aromatic carbocycles. The van der Waals surface area contributed by atoms with Gasteiger partial charge in [-0.15, -0.1) is 0 Å². The van der Waals surface area contributed by atoms with E-state index < -0.39 is 17.6 Å². The van der Waals surface area contributed by atoms with Crippen LogP contribution in [0, 0.1) is 0 Å². The Morgan fingerprint density at radius 1 is 1.10 bits per heavy atom. The van der Waals surface area contributed by atoms with E-state index in [1.807, 2.05) is 25.1 Å². The van der Waals surface area contributed by atoms with Gasteiger partial charge in [-0.3, -0.25) is 14.4 Å². The molecule has 1 unspecified atom stereocenters. The second-order valence-electron chi connectivity index (χ2n) is 7.34. The molecule has 2 amide bonds. The molecule has 0 N–H and O–H groups in total. The molecule has 0 radical (unpaired) electrons. The number of nitrogens with zero attached hydrogens (tertiary/aromatic N) is 4. The SMILES string of the molecule is COc1ccnc2c1C(C(=O)C(=O)N1CCN(C(=O)c3ccccc3)C[C@H]1C)C=N2. The largest absolute Gasteiger partial charge is 0.496 e. The number of hydrogen-bond donors (Lipinski definition) is 0. The number of pyridine rings is 1. The molecule has 8 nitrogen and oxygen atoms in total. The Balaban J connectivity index is 1.46. The minimum atomic E-state index is -0.813. The molecule has 2 atom stereocenters. The molecule has 30 heavy (non-hydrogen) atoms. The lowest BCUT2D eigenvalue weighted by molar-refractivity contribution is -0.147. The van der Waals surface area contributed by atoms with Crippen LogP contribution < -0.4 is 4.74 Å². The number of aromatic nitrogens is 1. The van der Waals surface area contributed by atoms with Crippen molar-refractivity contribution in [3.05, 3.63) is 53.7 Å². The molecule has 154 valence electrons. The lowest BCUT2D eigenvalue weighted by Gasteiger charge is -2.39. The summed E-state index contributed by atoms with van der Waals surface area (Å²) in [5.74, 6) is -1.16. The van der Waals surface area contributed by atoms with Crippen LogP contribution in [0.3, 0.4) is 0 Å². The van der Waals surface area contributed by atoms with Crippen LogP contribution in [0.2, 0.25) is 0 Å². The zero-order chi connectivity index (χ0) is 21.3. The van der Waals surface area contributed by atoms with Crippen LogP contribution in [0.15, 0.2) is 47.6 Å². The van der Waals surface area contributed by atoms with Crippen molar-refractivity contribution in [1.29, 1.82) is 0 Å². The number of Topliss-reactive ketones (excluding diaryl/α,β-unsaturated/α-hetero) is 1. The molecule has 2 aliphatic rings. The van der Waals surface area contributed by atoms with E-state index in [1.54, 1.807) is 29.3 Å². The Hall–Kier alpha value is -3.55. The Labute approximate surface area is 174 Å². The zero-order valence-corrected chi connectivity index (χ0v) is 16.8. The molecule has 0 bridgehead atoms. The molecule has 0 saturated carbocycles. The fourth-order valence-corrected chi connectivity index (χ4v) is 3.92. The van der Waals surface area contributed by atoms with Crippen molar-refractivity contribution in [2.45, 2.75) is 18.9 Å². The first-order chi connectivity index (χ1) is 14.5. The summed E-state index contributed by atoms with van der Waals surface area (Å²) < 4.78 is 5.32. The van der Waals surface area contributed by atoms with E-state index in [4.69, 9.17) is 4.74 Å². The summed E-state index contributed by atoms with van der Waals surface area (Å²) in [7, 11) is 1.50. The number of aliphatic imine (C=N–C) groups is 1. The first kappa shape index (κ1) is 19.8. The maximum absolute atomic E-state index is 13.0. The summed E-state index contributed by atoms with van der Waals surface area (Å²) >= 11 is 0. The quantitative estimate of drug-likeness (QED) is 0.723. The molecular weight excluding hydrogens is 384 g/mol. The first-order valence-corrected chi connectivity index (χ1v) is 9.77. The van der Waals surface area contributed by atoms with Gasteiger partial charge in [-0.1, -0.05) is 18.2 Å². The van der Waals surface area contributed by atoms with E-state index in [-0.39, 0.29) is 11.9 Å². The summed E-state index contributed by atoms with van der Waals surface area (Å²) in [6.07, 6.45) is 3.00. The molecule has 0 aliphatic carbocycles. The molecule has 2 aliphatic heterocycles.